The van der Waals surface area contributed by atoms with E-state index < -0.39 is 17.1 Å². The van der Waals surface area contributed by atoms with Gasteiger partial charge in [0.15, 0.2) is 0 Å². The van der Waals surface area contributed by atoms with Gasteiger partial charge in [-0.15, -0.1) is 0 Å². The van der Waals surface area contributed by atoms with Gasteiger partial charge in [0.05, 0.1) is 10.9 Å². The molecular weight excluding hydrogens is 292 g/mol. The van der Waals surface area contributed by atoms with Crippen LogP contribution in [0.15, 0.2) is 47.3 Å². The fourth-order valence-corrected chi connectivity index (χ4v) is 2.22. The van der Waals surface area contributed by atoms with Gasteiger partial charge in [-0.3, -0.25) is 9.89 Å². The first-order valence-electron chi connectivity index (χ1n) is 6.08. The maximum atomic E-state index is 12.1. The Hall–Kier alpha value is -2.66. The number of aromatic amines is 1. The normalized spacial score (nSPS) is 10.7. The molecule has 5 nitrogen and oxygen atoms in total. The third kappa shape index (κ3) is 2.39. The maximum Gasteiger partial charge on any atom is 0.360 e. The molecule has 104 valence electrons. The third-order valence-corrected chi connectivity index (χ3v) is 3.40. The molecule has 21 heavy (non-hydrogen) atoms. The summed E-state index contributed by atoms with van der Waals surface area (Å²) in [7, 11) is 0. The molecule has 0 unspecified atom stereocenters. The second kappa shape index (κ2) is 5.03. The minimum absolute atomic E-state index is 0.287. The number of carboxylic acid groups (broad SMARTS) is 1. The van der Waals surface area contributed by atoms with Gasteiger partial charge in [0.2, 0.25) is 11.1 Å². The van der Waals surface area contributed by atoms with Gasteiger partial charge in [0, 0.05) is 5.02 Å². The number of aromatic carboxylic acids is 1. The first-order chi connectivity index (χ1) is 10.1. The molecule has 0 aliphatic heterocycles. The van der Waals surface area contributed by atoms with E-state index in [9.17, 15) is 9.59 Å². The van der Waals surface area contributed by atoms with Gasteiger partial charge < -0.3 is 5.11 Å². The SMILES string of the molecule is O=C(O)c1n[nH]c2ccc(-c3ccc(Cl)cc3)cc2c1=O. The number of nitrogens with one attached hydrogen (secondary N) is 1. The highest BCUT2D eigenvalue weighted by Crippen LogP contribution is 2.23. The number of rotatable bonds is 2. The summed E-state index contributed by atoms with van der Waals surface area (Å²) in [5.74, 6) is -1.35. The predicted octanol–water partition coefficient (Wildman–Crippen LogP) is 2.94. The van der Waals surface area contributed by atoms with E-state index in [4.69, 9.17) is 16.7 Å². The highest BCUT2D eigenvalue weighted by Gasteiger charge is 2.13. The molecule has 0 bridgehead atoms. The number of halogens is 1. The monoisotopic (exact) mass is 300 g/mol. The van der Waals surface area contributed by atoms with Crippen LogP contribution in [0.4, 0.5) is 0 Å². The van der Waals surface area contributed by atoms with Crippen LogP contribution in [0.1, 0.15) is 10.5 Å². The minimum Gasteiger partial charge on any atom is -0.476 e. The second-order valence-corrected chi connectivity index (χ2v) is 4.91. The zero-order chi connectivity index (χ0) is 15.0. The summed E-state index contributed by atoms with van der Waals surface area (Å²) < 4.78 is 0. The van der Waals surface area contributed by atoms with Gasteiger partial charge in [0.25, 0.3) is 0 Å². The van der Waals surface area contributed by atoms with Crippen LogP contribution in [-0.4, -0.2) is 21.3 Å². The summed E-state index contributed by atoms with van der Waals surface area (Å²) in [4.78, 5) is 23.1. The van der Waals surface area contributed by atoms with Crippen molar-refractivity contribution in [1.82, 2.24) is 10.2 Å². The van der Waals surface area contributed by atoms with Crippen molar-refractivity contribution in [3.63, 3.8) is 0 Å². The lowest BCUT2D eigenvalue weighted by molar-refractivity contribution is 0.0688. The Morgan fingerprint density at radius 3 is 2.43 bits per heavy atom. The molecule has 0 saturated heterocycles. The lowest BCUT2D eigenvalue weighted by Gasteiger charge is -2.04. The molecule has 2 aromatic carbocycles. The average molecular weight is 301 g/mol. The van der Waals surface area contributed by atoms with Crippen molar-refractivity contribution < 1.29 is 9.90 Å². The zero-order valence-corrected chi connectivity index (χ0v) is 11.4. The van der Waals surface area contributed by atoms with E-state index in [2.05, 4.69) is 10.2 Å². The van der Waals surface area contributed by atoms with Crippen LogP contribution in [0.25, 0.3) is 22.0 Å². The van der Waals surface area contributed by atoms with Crippen LogP contribution >= 0.6 is 11.6 Å². The first-order valence-corrected chi connectivity index (χ1v) is 6.46. The van der Waals surface area contributed by atoms with E-state index >= 15 is 0 Å². The first kappa shape index (κ1) is 13.3. The van der Waals surface area contributed by atoms with Gasteiger partial charge in [-0.25, -0.2) is 4.79 Å². The van der Waals surface area contributed by atoms with Crippen molar-refractivity contribution >= 4 is 28.5 Å². The quantitative estimate of drug-likeness (QED) is 0.762. The van der Waals surface area contributed by atoms with Crippen molar-refractivity contribution in [2.24, 2.45) is 0 Å². The minimum atomic E-state index is -1.35. The molecule has 1 heterocycles. The molecule has 6 heteroatoms. The number of carbonyl (C=O) groups is 1. The molecule has 0 aliphatic carbocycles. The lowest BCUT2D eigenvalue weighted by atomic mass is 10.0. The number of fused-ring (bicyclic) bond motifs is 1. The molecule has 2 N–H and O–H groups in total. The number of aromatic nitrogens is 2. The number of carboxylic acids is 1. The standard InChI is InChI=1S/C15H9ClN2O3/c16-10-4-1-8(2-5-10)9-3-6-12-11(7-9)14(19)13(15(20)21)18-17-12/h1-7H,(H,17,19)(H,20,21). The summed E-state index contributed by atoms with van der Waals surface area (Å²) in [6, 6.07) is 12.3. The summed E-state index contributed by atoms with van der Waals surface area (Å²) in [5.41, 5.74) is 1.05. The summed E-state index contributed by atoms with van der Waals surface area (Å²) in [5, 5.41) is 16.0. The van der Waals surface area contributed by atoms with Crippen LogP contribution in [0.2, 0.25) is 5.02 Å². The van der Waals surface area contributed by atoms with E-state index in [-0.39, 0.29) is 5.39 Å². The van der Waals surface area contributed by atoms with Gasteiger partial charge in [0.1, 0.15) is 0 Å². The number of hydrogen-bond acceptors (Lipinski definition) is 3. The van der Waals surface area contributed by atoms with Gasteiger partial charge in [-0.2, -0.15) is 5.10 Å². The highest BCUT2D eigenvalue weighted by atomic mass is 35.5. The lowest BCUT2D eigenvalue weighted by Crippen LogP contribution is -2.18. The average Bonchev–Trinajstić information content (AvgIpc) is 2.48. The van der Waals surface area contributed by atoms with E-state index in [0.29, 0.717) is 10.5 Å². The van der Waals surface area contributed by atoms with Crippen molar-refractivity contribution in [3.05, 3.63) is 63.4 Å². The molecule has 0 radical (unpaired) electrons. The van der Waals surface area contributed by atoms with Gasteiger partial charge in [-0.05, 0) is 35.4 Å². The number of nitrogens with zero attached hydrogens (tertiary/aromatic N) is 1. The number of hydrogen-bond donors (Lipinski definition) is 2. The molecule has 1 aromatic heterocycles. The van der Waals surface area contributed by atoms with Gasteiger partial charge in [-0.1, -0.05) is 29.8 Å². The molecule has 0 saturated carbocycles. The van der Waals surface area contributed by atoms with Crippen molar-refractivity contribution in [1.29, 1.82) is 0 Å². The van der Waals surface area contributed by atoms with Gasteiger partial charge >= 0.3 is 5.97 Å². The Morgan fingerprint density at radius 1 is 1.10 bits per heavy atom. The Balaban J connectivity index is 2.23. The van der Waals surface area contributed by atoms with Crippen LogP contribution in [0, 0.1) is 0 Å². The zero-order valence-electron chi connectivity index (χ0n) is 10.6. The van der Waals surface area contributed by atoms with Crippen LogP contribution in [0.3, 0.4) is 0 Å². The Kier molecular flexibility index (Phi) is 3.19. The summed E-state index contributed by atoms with van der Waals surface area (Å²) >= 11 is 5.85. The van der Waals surface area contributed by atoms with Crippen LogP contribution in [0.5, 0.6) is 0 Å². The predicted molar refractivity (Wildman–Crippen MR) is 79.8 cm³/mol. The molecule has 0 amide bonds. The molecular formula is C15H9ClN2O3. The van der Waals surface area contributed by atoms with Crippen molar-refractivity contribution in [2.75, 3.05) is 0 Å². The van der Waals surface area contributed by atoms with Crippen LogP contribution < -0.4 is 5.43 Å². The fraction of sp³-hybridized carbons (Fsp3) is 0. The molecule has 3 aromatic rings. The Bertz CT molecular complexity index is 901. The molecule has 0 spiro atoms. The smallest absolute Gasteiger partial charge is 0.360 e. The maximum absolute atomic E-state index is 12.1. The number of benzene rings is 2. The van der Waals surface area contributed by atoms with Crippen molar-refractivity contribution in [2.45, 2.75) is 0 Å². The van der Waals surface area contributed by atoms with E-state index in [1.54, 1.807) is 24.3 Å². The second-order valence-electron chi connectivity index (χ2n) is 4.47. The summed E-state index contributed by atoms with van der Waals surface area (Å²) in [6.45, 7) is 0. The topological polar surface area (TPSA) is 83.0 Å². The number of H-pyrrole nitrogens is 1. The largest absolute Gasteiger partial charge is 0.476 e. The third-order valence-electron chi connectivity index (χ3n) is 3.15. The molecule has 0 atom stereocenters. The highest BCUT2D eigenvalue weighted by molar-refractivity contribution is 6.30. The Labute approximate surface area is 123 Å². The van der Waals surface area contributed by atoms with E-state index in [0.717, 1.165) is 11.1 Å². The summed E-state index contributed by atoms with van der Waals surface area (Å²) in [6.07, 6.45) is 0. The van der Waals surface area contributed by atoms with Crippen LogP contribution in [-0.2, 0) is 0 Å². The van der Waals surface area contributed by atoms with E-state index in [1.165, 1.54) is 0 Å². The Morgan fingerprint density at radius 2 is 1.76 bits per heavy atom. The van der Waals surface area contributed by atoms with Crippen molar-refractivity contribution in [3.8, 4) is 11.1 Å². The molecule has 0 fully saturated rings. The molecule has 3 rings (SSSR count). The van der Waals surface area contributed by atoms with E-state index in [1.807, 2.05) is 18.2 Å². The molecule has 0 aliphatic rings. The fourth-order valence-electron chi connectivity index (χ4n) is 2.09.